The zero-order chi connectivity index (χ0) is 18.8. The van der Waals surface area contributed by atoms with Gasteiger partial charge >= 0.3 is 0 Å². The van der Waals surface area contributed by atoms with E-state index >= 15 is 0 Å². The molecular weight excluding hydrogens is 360 g/mol. The van der Waals surface area contributed by atoms with Gasteiger partial charge in [-0.3, -0.25) is 9.78 Å². The van der Waals surface area contributed by atoms with Gasteiger partial charge in [0.05, 0.1) is 16.6 Å². The Bertz CT molecular complexity index is 964. The van der Waals surface area contributed by atoms with Crippen molar-refractivity contribution in [1.82, 2.24) is 19.9 Å². The number of pyridine rings is 2. The van der Waals surface area contributed by atoms with Crippen molar-refractivity contribution in [3.8, 4) is 10.4 Å². The zero-order valence-electron chi connectivity index (χ0n) is 15.4. The molecule has 27 heavy (non-hydrogen) atoms. The molecule has 0 saturated carbocycles. The van der Waals surface area contributed by atoms with Gasteiger partial charge in [0, 0.05) is 36.3 Å². The van der Waals surface area contributed by atoms with Crippen LogP contribution in [0, 0.1) is 5.92 Å². The van der Waals surface area contributed by atoms with Crippen molar-refractivity contribution in [3.05, 3.63) is 30.7 Å². The minimum absolute atomic E-state index is 0.0557. The molecule has 2 N–H and O–H groups in total. The summed E-state index contributed by atoms with van der Waals surface area (Å²) in [5.41, 5.74) is 1.80. The van der Waals surface area contributed by atoms with Crippen molar-refractivity contribution < 1.29 is 4.79 Å². The highest BCUT2D eigenvalue weighted by molar-refractivity contribution is 7.18. The predicted molar refractivity (Wildman–Crippen MR) is 109 cm³/mol. The van der Waals surface area contributed by atoms with Crippen LogP contribution in [0.3, 0.4) is 0 Å². The second-order valence-electron chi connectivity index (χ2n) is 6.83. The fourth-order valence-electron chi connectivity index (χ4n) is 3.26. The molecule has 4 heterocycles. The Morgan fingerprint density at radius 3 is 2.70 bits per heavy atom. The Hall–Kier alpha value is -2.58. The first-order valence-corrected chi connectivity index (χ1v) is 9.83. The quantitative estimate of drug-likeness (QED) is 0.722. The van der Waals surface area contributed by atoms with Crippen LogP contribution in [0.15, 0.2) is 30.7 Å². The zero-order valence-corrected chi connectivity index (χ0v) is 16.2. The molecule has 1 amide bonds. The lowest BCUT2D eigenvalue weighted by Crippen LogP contribution is -2.36. The number of aromatic nitrogens is 3. The van der Waals surface area contributed by atoms with Gasteiger partial charge in [0.15, 0.2) is 5.13 Å². The average molecular weight is 382 g/mol. The minimum Gasteiger partial charge on any atom is -0.365 e. The molecule has 1 aliphatic rings. The van der Waals surface area contributed by atoms with Crippen LogP contribution >= 0.6 is 11.3 Å². The minimum atomic E-state index is 0.0557. The maximum Gasteiger partial charge on any atom is 0.228 e. The van der Waals surface area contributed by atoms with E-state index in [4.69, 9.17) is 0 Å². The molecule has 8 heteroatoms. The molecule has 3 aromatic rings. The van der Waals surface area contributed by atoms with Gasteiger partial charge in [0.25, 0.3) is 0 Å². The molecule has 0 bridgehead atoms. The SMILES string of the molecule is CNc1ncc(-c2cnc3cnc(NC(=O)C4CCN(C)CC4)cc3c2)s1. The molecule has 140 valence electrons. The number of hydrogen-bond acceptors (Lipinski definition) is 7. The van der Waals surface area contributed by atoms with E-state index in [1.807, 2.05) is 25.5 Å². The summed E-state index contributed by atoms with van der Waals surface area (Å²) in [7, 11) is 3.94. The maximum absolute atomic E-state index is 12.5. The molecule has 1 saturated heterocycles. The molecule has 4 rings (SSSR count). The average Bonchev–Trinajstić information content (AvgIpc) is 3.17. The van der Waals surface area contributed by atoms with E-state index in [-0.39, 0.29) is 11.8 Å². The number of hydrogen-bond donors (Lipinski definition) is 2. The first-order chi connectivity index (χ1) is 13.1. The summed E-state index contributed by atoms with van der Waals surface area (Å²) in [5.74, 6) is 0.686. The molecular formula is C19H22N6OS. The number of carbonyl (C=O) groups is 1. The Labute approximate surface area is 161 Å². The van der Waals surface area contributed by atoms with Crippen molar-refractivity contribution in [2.24, 2.45) is 5.92 Å². The van der Waals surface area contributed by atoms with Gasteiger partial charge in [-0.15, -0.1) is 0 Å². The highest BCUT2D eigenvalue weighted by atomic mass is 32.1. The van der Waals surface area contributed by atoms with E-state index in [0.717, 1.165) is 52.4 Å². The maximum atomic E-state index is 12.5. The van der Waals surface area contributed by atoms with E-state index in [2.05, 4.69) is 43.6 Å². The van der Waals surface area contributed by atoms with Crippen LogP contribution in [0.25, 0.3) is 21.3 Å². The lowest BCUT2D eigenvalue weighted by atomic mass is 9.96. The van der Waals surface area contributed by atoms with Crippen LogP contribution in [0.2, 0.25) is 0 Å². The highest BCUT2D eigenvalue weighted by Gasteiger charge is 2.23. The van der Waals surface area contributed by atoms with Gasteiger partial charge in [-0.2, -0.15) is 0 Å². The smallest absolute Gasteiger partial charge is 0.228 e. The number of nitrogens with zero attached hydrogens (tertiary/aromatic N) is 4. The predicted octanol–water partition coefficient (Wildman–Crippen LogP) is 3.08. The third-order valence-electron chi connectivity index (χ3n) is 4.91. The Morgan fingerprint density at radius 1 is 1.15 bits per heavy atom. The number of amides is 1. The van der Waals surface area contributed by atoms with Crippen molar-refractivity contribution in [2.45, 2.75) is 12.8 Å². The summed E-state index contributed by atoms with van der Waals surface area (Å²) in [4.78, 5) is 29.0. The summed E-state index contributed by atoms with van der Waals surface area (Å²) in [6.45, 7) is 1.92. The standard InChI is InChI=1S/C19H22N6OS/c1-20-19-23-11-16(27-19)14-7-13-8-17(22-10-15(13)21-9-14)24-18(26)12-3-5-25(2)6-4-12/h7-12H,3-6H2,1-2H3,(H,20,23)(H,22,24,26). The monoisotopic (exact) mass is 382 g/mol. The van der Waals surface area contributed by atoms with Gasteiger partial charge in [0.2, 0.25) is 5.91 Å². The summed E-state index contributed by atoms with van der Waals surface area (Å²) < 4.78 is 0. The van der Waals surface area contributed by atoms with Crippen LogP contribution in [-0.2, 0) is 4.79 Å². The Morgan fingerprint density at radius 2 is 1.96 bits per heavy atom. The number of likely N-dealkylation sites (tertiary alicyclic amines) is 1. The van der Waals surface area contributed by atoms with Crippen LogP contribution in [-0.4, -0.2) is 52.9 Å². The fraction of sp³-hybridized carbons (Fsp3) is 0.368. The number of carbonyl (C=O) groups excluding carboxylic acids is 1. The van der Waals surface area contributed by atoms with E-state index in [9.17, 15) is 4.79 Å². The highest BCUT2D eigenvalue weighted by Crippen LogP contribution is 2.30. The third kappa shape index (κ3) is 3.91. The summed E-state index contributed by atoms with van der Waals surface area (Å²) >= 11 is 1.58. The van der Waals surface area contributed by atoms with Gasteiger partial charge in [-0.05, 0) is 45.1 Å². The Balaban J connectivity index is 1.54. The van der Waals surface area contributed by atoms with Crippen molar-refractivity contribution >= 4 is 39.1 Å². The molecule has 3 aromatic heterocycles. The summed E-state index contributed by atoms with van der Waals surface area (Å²) in [6, 6.07) is 3.95. The first-order valence-electron chi connectivity index (χ1n) is 9.01. The van der Waals surface area contributed by atoms with Gasteiger partial charge in [0.1, 0.15) is 5.82 Å². The van der Waals surface area contributed by atoms with E-state index in [1.54, 1.807) is 17.5 Å². The topological polar surface area (TPSA) is 83.0 Å². The van der Waals surface area contributed by atoms with Gasteiger partial charge in [-0.1, -0.05) is 11.3 Å². The van der Waals surface area contributed by atoms with Crippen molar-refractivity contribution in [2.75, 3.05) is 37.8 Å². The molecule has 0 aliphatic carbocycles. The number of thiazole rings is 1. The lowest BCUT2D eigenvalue weighted by molar-refractivity contribution is -0.121. The molecule has 0 radical (unpaired) electrons. The van der Waals surface area contributed by atoms with E-state index < -0.39 is 0 Å². The molecule has 1 fully saturated rings. The fourth-order valence-corrected chi connectivity index (χ4v) is 4.01. The molecule has 0 spiro atoms. The third-order valence-corrected chi connectivity index (χ3v) is 5.98. The van der Waals surface area contributed by atoms with E-state index in [0.29, 0.717) is 5.82 Å². The number of rotatable bonds is 4. The van der Waals surface area contributed by atoms with Crippen LogP contribution < -0.4 is 10.6 Å². The number of nitrogens with one attached hydrogen (secondary N) is 2. The van der Waals surface area contributed by atoms with E-state index in [1.165, 1.54) is 0 Å². The van der Waals surface area contributed by atoms with Crippen LogP contribution in [0.5, 0.6) is 0 Å². The number of piperidine rings is 1. The largest absolute Gasteiger partial charge is 0.365 e. The summed E-state index contributed by atoms with van der Waals surface area (Å²) in [6.07, 6.45) is 7.15. The molecule has 0 atom stereocenters. The lowest BCUT2D eigenvalue weighted by Gasteiger charge is -2.27. The van der Waals surface area contributed by atoms with Gasteiger partial charge in [-0.25, -0.2) is 9.97 Å². The second kappa shape index (κ2) is 7.58. The van der Waals surface area contributed by atoms with Crippen LogP contribution in [0.4, 0.5) is 10.9 Å². The number of fused-ring (bicyclic) bond motifs is 1. The number of anilines is 2. The molecule has 0 aromatic carbocycles. The Kier molecular flexibility index (Phi) is 5.00. The van der Waals surface area contributed by atoms with Crippen molar-refractivity contribution in [3.63, 3.8) is 0 Å². The normalized spacial score (nSPS) is 15.8. The summed E-state index contributed by atoms with van der Waals surface area (Å²) in [5, 5.41) is 7.83. The van der Waals surface area contributed by atoms with Crippen molar-refractivity contribution in [1.29, 1.82) is 0 Å². The molecule has 0 unspecified atom stereocenters. The molecule has 7 nitrogen and oxygen atoms in total. The first kappa shape index (κ1) is 17.8. The molecule has 1 aliphatic heterocycles. The second-order valence-corrected chi connectivity index (χ2v) is 7.86. The van der Waals surface area contributed by atoms with Gasteiger partial charge < -0.3 is 15.5 Å². The van der Waals surface area contributed by atoms with Crippen LogP contribution in [0.1, 0.15) is 12.8 Å².